The molecule has 21 heavy (non-hydrogen) atoms. The molecule has 3 rings (SSSR count). The highest BCUT2D eigenvalue weighted by Gasteiger charge is 2.55. The summed E-state index contributed by atoms with van der Waals surface area (Å²) in [5.74, 6) is -0.328. The number of hydrogen-bond donors (Lipinski definition) is 1. The number of urea groups is 1. The molecule has 0 radical (unpaired) electrons. The minimum absolute atomic E-state index is 0.0703. The van der Waals surface area contributed by atoms with E-state index in [0.717, 1.165) is 17.7 Å². The number of nitrogens with one attached hydrogen (secondary N) is 1. The van der Waals surface area contributed by atoms with Gasteiger partial charge in [0.2, 0.25) is 0 Å². The minimum atomic E-state index is -0.783. The minimum Gasteiger partial charge on any atom is -0.489 e. The summed E-state index contributed by atoms with van der Waals surface area (Å²) in [6.07, 6.45) is 1.92. The van der Waals surface area contributed by atoms with Crippen LogP contribution in [0.3, 0.4) is 0 Å². The molecule has 1 heterocycles. The smallest absolute Gasteiger partial charge is 0.325 e. The maximum Gasteiger partial charge on any atom is 0.325 e. The molecule has 0 unspecified atom stereocenters. The first kappa shape index (κ1) is 13.9. The highest BCUT2D eigenvalue weighted by molar-refractivity contribution is 6.07. The molecule has 1 saturated heterocycles. The average Bonchev–Trinajstić information content (AvgIpc) is 3.26. The molecule has 1 aromatic carbocycles. The normalized spacial score (nSPS) is 25.1. The van der Waals surface area contributed by atoms with Crippen LogP contribution in [0.4, 0.5) is 9.18 Å². The van der Waals surface area contributed by atoms with Gasteiger partial charge in [0.25, 0.3) is 5.91 Å². The van der Waals surface area contributed by atoms with Crippen LogP contribution in [-0.2, 0) is 4.79 Å². The van der Waals surface area contributed by atoms with Gasteiger partial charge in [0, 0.05) is 0 Å². The fourth-order valence-electron chi connectivity index (χ4n) is 2.66. The van der Waals surface area contributed by atoms with Gasteiger partial charge in [-0.2, -0.15) is 0 Å². The van der Waals surface area contributed by atoms with E-state index in [4.69, 9.17) is 4.74 Å². The first-order chi connectivity index (χ1) is 10.0. The number of benzene rings is 1. The molecule has 2 fully saturated rings. The van der Waals surface area contributed by atoms with E-state index in [2.05, 4.69) is 5.32 Å². The van der Waals surface area contributed by atoms with E-state index in [1.54, 1.807) is 19.1 Å². The van der Waals surface area contributed by atoms with Gasteiger partial charge >= 0.3 is 6.03 Å². The number of carbonyl (C=O) groups excluding carboxylic acids is 2. The number of nitrogens with zero attached hydrogens (tertiary/aromatic N) is 1. The molecule has 1 aromatic rings. The van der Waals surface area contributed by atoms with Crippen LogP contribution < -0.4 is 10.1 Å². The Morgan fingerprint density at radius 3 is 2.76 bits per heavy atom. The Balaban J connectivity index is 1.59. The lowest BCUT2D eigenvalue weighted by Crippen LogP contribution is -2.46. The van der Waals surface area contributed by atoms with Crippen LogP contribution in [0, 0.1) is 11.7 Å². The van der Waals surface area contributed by atoms with Gasteiger partial charge in [0.15, 0.2) is 11.6 Å². The number of amides is 3. The summed E-state index contributed by atoms with van der Waals surface area (Å²) >= 11 is 0. The van der Waals surface area contributed by atoms with Crippen molar-refractivity contribution in [2.75, 3.05) is 13.2 Å². The van der Waals surface area contributed by atoms with Crippen molar-refractivity contribution in [1.29, 1.82) is 0 Å². The number of hydrogen-bond acceptors (Lipinski definition) is 3. The molecule has 0 spiro atoms. The molecule has 0 bridgehead atoms. The number of halogens is 1. The Bertz CT molecular complexity index is 588. The molecule has 0 aromatic heterocycles. The number of ether oxygens (including phenoxy) is 1. The quantitative estimate of drug-likeness (QED) is 0.844. The predicted octanol–water partition coefficient (Wildman–Crippen LogP) is 1.93. The lowest BCUT2D eigenvalue weighted by atomic mass is 9.96. The molecule has 6 heteroatoms. The molecule has 1 saturated carbocycles. The first-order valence-electron chi connectivity index (χ1n) is 7.04. The zero-order chi connectivity index (χ0) is 15.0. The van der Waals surface area contributed by atoms with E-state index in [1.165, 1.54) is 12.1 Å². The number of carbonyl (C=O) groups is 2. The maximum atomic E-state index is 13.4. The molecule has 112 valence electrons. The van der Waals surface area contributed by atoms with Crippen LogP contribution in [0.2, 0.25) is 0 Å². The van der Waals surface area contributed by atoms with Crippen molar-refractivity contribution in [3.63, 3.8) is 0 Å². The fraction of sp³-hybridized carbons (Fsp3) is 0.467. The Morgan fingerprint density at radius 1 is 1.38 bits per heavy atom. The summed E-state index contributed by atoms with van der Waals surface area (Å²) in [5, 5.41) is 2.76. The monoisotopic (exact) mass is 292 g/mol. The molecular formula is C15H17FN2O3. The number of para-hydroxylation sites is 1. The van der Waals surface area contributed by atoms with Crippen molar-refractivity contribution >= 4 is 11.9 Å². The zero-order valence-corrected chi connectivity index (χ0v) is 11.8. The standard InChI is InChI=1S/C15H17FN2O3/c1-15(10-6-7-10)13(19)18(14(20)17-15)8-9-21-12-5-3-2-4-11(12)16/h2-5,10H,6-9H2,1H3,(H,17,20)/t15-/m0/s1. The van der Waals surface area contributed by atoms with Crippen molar-refractivity contribution in [3.05, 3.63) is 30.1 Å². The summed E-state index contributed by atoms with van der Waals surface area (Å²) in [4.78, 5) is 25.4. The highest BCUT2D eigenvalue weighted by atomic mass is 19.1. The number of rotatable bonds is 5. The van der Waals surface area contributed by atoms with E-state index in [1.807, 2.05) is 0 Å². The van der Waals surface area contributed by atoms with Gasteiger partial charge in [-0.3, -0.25) is 9.69 Å². The molecule has 1 aliphatic carbocycles. The highest BCUT2D eigenvalue weighted by Crippen LogP contribution is 2.42. The predicted molar refractivity (Wildman–Crippen MR) is 73.3 cm³/mol. The van der Waals surface area contributed by atoms with E-state index in [-0.39, 0.29) is 30.7 Å². The molecule has 2 aliphatic rings. The second-order valence-electron chi connectivity index (χ2n) is 5.64. The largest absolute Gasteiger partial charge is 0.489 e. The van der Waals surface area contributed by atoms with E-state index in [9.17, 15) is 14.0 Å². The topological polar surface area (TPSA) is 58.6 Å². The van der Waals surface area contributed by atoms with Crippen LogP contribution in [0.1, 0.15) is 19.8 Å². The van der Waals surface area contributed by atoms with Gasteiger partial charge in [-0.05, 0) is 37.8 Å². The Hall–Kier alpha value is -2.11. The molecule has 5 nitrogen and oxygen atoms in total. The Kier molecular flexibility index (Phi) is 3.31. The average molecular weight is 292 g/mol. The first-order valence-corrected chi connectivity index (χ1v) is 7.04. The molecule has 1 N–H and O–H groups in total. The van der Waals surface area contributed by atoms with E-state index < -0.39 is 17.4 Å². The SMILES string of the molecule is C[C@@]1(C2CC2)NC(=O)N(CCOc2ccccc2F)C1=O. The van der Waals surface area contributed by atoms with Gasteiger partial charge in [0.1, 0.15) is 12.1 Å². The van der Waals surface area contributed by atoms with Crippen LogP contribution in [-0.4, -0.2) is 35.5 Å². The summed E-state index contributed by atoms with van der Waals surface area (Å²) in [5.41, 5.74) is -0.783. The summed E-state index contributed by atoms with van der Waals surface area (Å²) in [6, 6.07) is 5.64. The van der Waals surface area contributed by atoms with Gasteiger partial charge in [-0.25, -0.2) is 9.18 Å². The lowest BCUT2D eigenvalue weighted by Gasteiger charge is -2.21. The van der Waals surface area contributed by atoms with Crippen LogP contribution in [0.15, 0.2) is 24.3 Å². The van der Waals surface area contributed by atoms with Gasteiger partial charge < -0.3 is 10.1 Å². The molecular weight excluding hydrogens is 275 g/mol. The third-order valence-electron chi connectivity index (χ3n) is 4.10. The van der Waals surface area contributed by atoms with Crippen molar-refractivity contribution in [1.82, 2.24) is 10.2 Å². The third-order valence-corrected chi connectivity index (χ3v) is 4.10. The van der Waals surface area contributed by atoms with Crippen molar-refractivity contribution in [3.8, 4) is 5.75 Å². The lowest BCUT2D eigenvalue weighted by molar-refractivity contribution is -0.131. The summed E-state index contributed by atoms with van der Waals surface area (Å²) < 4.78 is 18.7. The van der Waals surface area contributed by atoms with Gasteiger partial charge in [-0.15, -0.1) is 0 Å². The number of imide groups is 1. The van der Waals surface area contributed by atoms with Gasteiger partial charge in [0.05, 0.1) is 6.54 Å². The fourth-order valence-corrected chi connectivity index (χ4v) is 2.66. The van der Waals surface area contributed by atoms with Crippen LogP contribution >= 0.6 is 0 Å². The maximum absolute atomic E-state index is 13.4. The van der Waals surface area contributed by atoms with Gasteiger partial charge in [-0.1, -0.05) is 12.1 Å². The van der Waals surface area contributed by atoms with Crippen molar-refractivity contribution in [2.45, 2.75) is 25.3 Å². The Labute approximate surface area is 122 Å². The molecule has 1 atom stereocenters. The molecule has 1 aliphatic heterocycles. The summed E-state index contributed by atoms with van der Waals surface area (Å²) in [7, 11) is 0. The second kappa shape index (κ2) is 5.02. The Morgan fingerprint density at radius 2 is 2.10 bits per heavy atom. The molecule has 3 amide bonds. The second-order valence-corrected chi connectivity index (χ2v) is 5.64. The van der Waals surface area contributed by atoms with Crippen molar-refractivity contribution < 1.29 is 18.7 Å². The van der Waals surface area contributed by atoms with Crippen LogP contribution in [0.25, 0.3) is 0 Å². The zero-order valence-electron chi connectivity index (χ0n) is 11.8. The summed E-state index contributed by atoms with van der Waals surface area (Å²) in [6.45, 7) is 1.95. The van der Waals surface area contributed by atoms with E-state index >= 15 is 0 Å². The van der Waals surface area contributed by atoms with Crippen LogP contribution in [0.5, 0.6) is 5.75 Å². The van der Waals surface area contributed by atoms with Crippen molar-refractivity contribution in [2.24, 2.45) is 5.92 Å². The van der Waals surface area contributed by atoms with E-state index in [0.29, 0.717) is 0 Å². The third kappa shape index (κ3) is 2.46.